The Kier molecular flexibility index (Phi) is 9.17. The molecule has 0 aliphatic carbocycles. The Labute approximate surface area is 127 Å². The Morgan fingerprint density at radius 3 is 2.19 bits per heavy atom. The Bertz CT molecular complexity index is 392. The van der Waals surface area contributed by atoms with E-state index in [0.717, 1.165) is 24.2 Å². The normalized spacial score (nSPS) is 11.3. The van der Waals surface area contributed by atoms with Crippen molar-refractivity contribution in [3.8, 4) is 0 Å². The third-order valence-electron chi connectivity index (χ3n) is 3.29. The summed E-state index contributed by atoms with van der Waals surface area (Å²) >= 11 is 0. The third-order valence-corrected chi connectivity index (χ3v) is 3.29. The maximum Gasteiger partial charge on any atom is 0.123 e. The van der Waals surface area contributed by atoms with Crippen LogP contribution in [0.5, 0.6) is 0 Å². The van der Waals surface area contributed by atoms with Gasteiger partial charge in [0.2, 0.25) is 0 Å². The molecule has 2 N–H and O–H groups in total. The number of ether oxygens (including phenoxy) is 2. The zero-order valence-electron chi connectivity index (χ0n) is 13.1. The predicted octanol–water partition coefficient (Wildman–Crippen LogP) is 2.16. The number of nitrogens with two attached hydrogens (primary N) is 1. The highest BCUT2D eigenvalue weighted by atomic mass is 19.1. The summed E-state index contributed by atoms with van der Waals surface area (Å²) in [6, 6.07) is 4.78. The number of halogens is 1. The first-order chi connectivity index (χ1) is 10.2. The second-order valence-corrected chi connectivity index (χ2v) is 4.79. The molecule has 1 rings (SSSR count). The summed E-state index contributed by atoms with van der Waals surface area (Å²) in [5, 5.41) is 0. The van der Waals surface area contributed by atoms with Crippen molar-refractivity contribution in [3.05, 3.63) is 35.1 Å². The average molecular weight is 298 g/mol. The van der Waals surface area contributed by atoms with Crippen molar-refractivity contribution in [1.82, 2.24) is 4.90 Å². The zero-order valence-corrected chi connectivity index (χ0v) is 13.1. The van der Waals surface area contributed by atoms with Gasteiger partial charge in [0.15, 0.2) is 0 Å². The van der Waals surface area contributed by atoms with Crippen LogP contribution in [0.4, 0.5) is 4.39 Å². The number of benzene rings is 1. The van der Waals surface area contributed by atoms with Gasteiger partial charge in [0.05, 0.1) is 13.2 Å². The summed E-state index contributed by atoms with van der Waals surface area (Å²) < 4.78 is 24.3. The molecular formula is C16H27FN2O2. The standard InChI is InChI=1S/C16H27FN2O2/c1-3-20-9-7-19(8-10-21-4-2)13-15-11-16(17)6-5-14(15)12-18/h5-6,11H,3-4,7-10,12-13,18H2,1-2H3. The summed E-state index contributed by atoms with van der Waals surface area (Å²) in [6.07, 6.45) is 0. The van der Waals surface area contributed by atoms with E-state index in [-0.39, 0.29) is 5.82 Å². The van der Waals surface area contributed by atoms with Gasteiger partial charge < -0.3 is 15.2 Å². The van der Waals surface area contributed by atoms with Crippen LogP contribution < -0.4 is 5.73 Å². The lowest BCUT2D eigenvalue weighted by Crippen LogP contribution is -2.31. The van der Waals surface area contributed by atoms with Crippen LogP contribution in [0.1, 0.15) is 25.0 Å². The van der Waals surface area contributed by atoms with Crippen molar-refractivity contribution in [2.45, 2.75) is 26.9 Å². The average Bonchev–Trinajstić information content (AvgIpc) is 2.48. The van der Waals surface area contributed by atoms with Crippen molar-refractivity contribution in [2.24, 2.45) is 5.73 Å². The molecule has 0 unspecified atom stereocenters. The van der Waals surface area contributed by atoms with Gasteiger partial charge in [0.25, 0.3) is 0 Å². The highest BCUT2D eigenvalue weighted by molar-refractivity contribution is 5.27. The Hall–Kier alpha value is -1.01. The highest BCUT2D eigenvalue weighted by Crippen LogP contribution is 2.13. The van der Waals surface area contributed by atoms with Crippen LogP contribution in [-0.4, -0.2) is 44.4 Å². The molecule has 0 saturated heterocycles. The van der Waals surface area contributed by atoms with Crippen molar-refractivity contribution in [3.63, 3.8) is 0 Å². The Morgan fingerprint density at radius 1 is 1.05 bits per heavy atom. The van der Waals surface area contributed by atoms with Gasteiger partial charge in [0, 0.05) is 39.4 Å². The maximum atomic E-state index is 13.4. The van der Waals surface area contributed by atoms with Crippen molar-refractivity contribution in [1.29, 1.82) is 0 Å². The van der Waals surface area contributed by atoms with Crippen LogP contribution >= 0.6 is 0 Å². The second kappa shape index (κ2) is 10.7. The fraction of sp³-hybridized carbons (Fsp3) is 0.625. The monoisotopic (exact) mass is 298 g/mol. The zero-order chi connectivity index (χ0) is 15.5. The highest BCUT2D eigenvalue weighted by Gasteiger charge is 2.10. The first-order valence-corrected chi connectivity index (χ1v) is 7.56. The van der Waals surface area contributed by atoms with E-state index in [1.165, 1.54) is 6.07 Å². The van der Waals surface area contributed by atoms with Crippen LogP contribution in [0.15, 0.2) is 18.2 Å². The van der Waals surface area contributed by atoms with Gasteiger partial charge in [-0.2, -0.15) is 0 Å². The van der Waals surface area contributed by atoms with E-state index in [2.05, 4.69) is 4.90 Å². The molecule has 0 atom stereocenters. The third kappa shape index (κ3) is 7.00. The van der Waals surface area contributed by atoms with Gasteiger partial charge in [-0.15, -0.1) is 0 Å². The molecule has 0 bridgehead atoms. The van der Waals surface area contributed by atoms with Crippen molar-refractivity contribution >= 4 is 0 Å². The molecule has 1 aromatic rings. The van der Waals surface area contributed by atoms with E-state index in [1.54, 1.807) is 12.1 Å². The van der Waals surface area contributed by atoms with Gasteiger partial charge in [0.1, 0.15) is 5.82 Å². The molecule has 0 aliphatic rings. The Balaban J connectivity index is 2.66. The first-order valence-electron chi connectivity index (χ1n) is 7.56. The van der Waals surface area contributed by atoms with Crippen LogP contribution in [0.3, 0.4) is 0 Å². The van der Waals surface area contributed by atoms with E-state index in [9.17, 15) is 4.39 Å². The molecule has 0 amide bonds. The lowest BCUT2D eigenvalue weighted by molar-refractivity contribution is 0.0796. The predicted molar refractivity (Wildman–Crippen MR) is 82.6 cm³/mol. The van der Waals surface area contributed by atoms with E-state index in [4.69, 9.17) is 15.2 Å². The molecular weight excluding hydrogens is 271 g/mol. The number of rotatable bonds is 11. The van der Waals surface area contributed by atoms with Gasteiger partial charge in [-0.25, -0.2) is 4.39 Å². The van der Waals surface area contributed by atoms with Crippen molar-refractivity contribution in [2.75, 3.05) is 39.5 Å². The number of nitrogens with zero attached hydrogens (tertiary/aromatic N) is 1. The summed E-state index contributed by atoms with van der Waals surface area (Å²) in [6.45, 7) is 9.34. The number of hydrogen-bond acceptors (Lipinski definition) is 4. The fourth-order valence-corrected chi connectivity index (χ4v) is 2.13. The summed E-state index contributed by atoms with van der Waals surface area (Å²) in [7, 11) is 0. The molecule has 1 aromatic carbocycles. The summed E-state index contributed by atoms with van der Waals surface area (Å²) in [5.74, 6) is -0.225. The minimum atomic E-state index is -0.225. The molecule has 120 valence electrons. The molecule has 0 radical (unpaired) electrons. The van der Waals surface area contributed by atoms with Crippen LogP contribution in [0.25, 0.3) is 0 Å². The SMILES string of the molecule is CCOCCN(CCOCC)Cc1cc(F)ccc1CN. The molecule has 0 spiro atoms. The fourth-order valence-electron chi connectivity index (χ4n) is 2.13. The number of hydrogen-bond donors (Lipinski definition) is 1. The van der Waals surface area contributed by atoms with Gasteiger partial charge in [-0.1, -0.05) is 6.07 Å². The molecule has 5 heteroatoms. The van der Waals surface area contributed by atoms with E-state index < -0.39 is 0 Å². The Morgan fingerprint density at radius 2 is 1.67 bits per heavy atom. The summed E-state index contributed by atoms with van der Waals surface area (Å²) in [4.78, 5) is 2.21. The van der Waals surface area contributed by atoms with Gasteiger partial charge in [-0.3, -0.25) is 4.90 Å². The summed E-state index contributed by atoms with van der Waals surface area (Å²) in [5.41, 5.74) is 7.65. The second-order valence-electron chi connectivity index (χ2n) is 4.79. The van der Waals surface area contributed by atoms with Crippen molar-refractivity contribution < 1.29 is 13.9 Å². The van der Waals surface area contributed by atoms with E-state index >= 15 is 0 Å². The quantitative estimate of drug-likeness (QED) is 0.636. The molecule has 0 aliphatic heterocycles. The van der Waals surface area contributed by atoms with Crippen LogP contribution in [0.2, 0.25) is 0 Å². The molecule has 0 aromatic heterocycles. The molecule has 21 heavy (non-hydrogen) atoms. The lowest BCUT2D eigenvalue weighted by atomic mass is 10.1. The smallest absolute Gasteiger partial charge is 0.123 e. The molecule has 0 fully saturated rings. The van der Waals surface area contributed by atoms with Crippen LogP contribution in [-0.2, 0) is 22.6 Å². The molecule has 0 saturated carbocycles. The molecule has 4 nitrogen and oxygen atoms in total. The van der Waals surface area contributed by atoms with E-state index in [0.29, 0.717) is 39.5 Å². The minimum Gasteiger partial charge on any atom is -0.380 e. The largest absolute Gasteiger partial charge is 0.380 e. The first kappa shape index (κ1) is 18.0. The van der Waals surface area contributed by atoms with E-state index in [1.807, 2.05) is 13.8 Å². The molecule has 0 heterocycles. The lowest BCUT2D eigenvalue weighted by Gasteiger charge is -2.23. The van der Waals surface area contributed by atoms with Gasteiger partial charge in [-0.05, 0) is 37.1 Å². The van der Waals surface area contributed by atoms with Gasteiger partial charge >= 0.3 is 0 Å². The topological polar surface area (TPSA) is 47.7 Å². The minimum absolute atomic E-state index is 0.225. The maximum absolute atomic E-state index is 13.4. The van der Waals surface area contributed by atoms with Crippen LogP contribution in [0, 0.1) is 5.82 Å².